The highest BCUT2D eigenvalue weighted by Crippen LogP contribution is 1.78. The normalized spacial score (nSPS) is 10.6. The van der Waals surface area contributed by atoms with Crippen molar-refractivity contribution >= 4 is 6.21 Å². The maximum atomic E-state index is 3.94. The van der Waals surface area contributed by atoms with Crippen LogP contribution in [0.25, 0.3) is 0 Å². The largest absolute Gasteiger partial charge is 0.265 e. The Bertz CT molecular complexity index is 152. The minimum absolute atomic E-state index is 1.05. The van der Waals surface area contributed by atoms with Gasteiger partial charge < -0.3 is 0 Å². The van der Waals surface area contributed by atoms with Gasteiger partial charge in [-0.25, -0.2) is 0 Å². The standard InChI is InChI=1S/C9H13N.C2H6/c1-3-5-7-9-10-8-6-4-2;1-2/h4-9H,2-3H2,1H3;1-2H3/b7-5+,8-6-,10-9+;. The summed E-state index contributed by atoms with van der Waals surface area (Å²) in [5.41, 5.74) is 0. The molecule has 68 valence electrons. The highest BCUT2D eigenvalue weighted by Gasteiger charge is 1.61. The van der Waals surface area contributed by atoms with Gasteiger partial charge in [-0.3, -0.25) is 4.99 Å². The molecule has 0 radical (unpaired) electrons. The van der Waals surface area contributed by atoms with Crippen LogP contribution < -0.4 is 0 Å². The molecule has 0 atom stereocenters. The Hall–Kier alpha value is -1.11. The zero-order valence-electron chi connectivity index (χ0n) is 8.33. The zero-order valence-corrected chi connectivity index (χ0v) is 8.33. The highest BCUT2D eigenvalue weighted by molar-refractivity contribution is 5.71. The molecule has 0 spiro atoms. The molecule has 0 saturated carbocycles. The molecule has 0 aromatic carbocycles. The number of hydrogen-bond donors (Lipinski definition) is 0. The van der Waals surface area contributed by atoms with E-state index in [1.165, 1.54) is 0 Å². The SMILES string of the molecule is C=C\C=C/N=C/C=C/CC.CC. The molecule has 0 rings (SSSR count). The lowest BCUT2D eigenvalue weighted by Crippen LogP contribution is -1.60. The minimum atomic E-state index is 1.05. The molecule has 0 amide bonds. The molecule has 0 fully saturated rings. The van der Waals surface area contributed by atoms with Crippen LogP contribution in [0.5, 0.6) is 0 Å². The summed E-state index contributed by atoms with van der Waals surface area (Å²) in [7, 11) is 0. The third kappa shape index (κ3) is 16.0. The Morgan fingerprint density at radius 1 is 1.25 bits per heavy atom. The van der Waals surface area contributed by atoms with Crippen LogP contribution in [0, 0.1) is 0 Å². The molecular weight excluding hydrogens is 146 g/mol. The van der Waals surface area contributed by atoms with Gasteiger partial charge in [-0.15, -0.1) is 0 Å². The second kappa shape index (κ2) is 16.5. The molecule has 0 aliphatic rings. The zero-order chi connectivity index (χ0) is 9.66. The number of rotatable bonds is 4. The smallest absolute Gasteiger partial charge is 0.0267 e. The summed E-state index contributed by atoms with van der Waals surface area (Å²) in [6.07, 6.45) is 12.0. The molecule has 0 aromatic heterocycles. The summed E-state index contributed by atoms with van der Waals surface area (Å²) in [6, 6.07) is 0. The van der Waals surface area contributed by atoms with Gasteiger partial charge in [-0.1, -0.05) is 39.5 Å². The lowest BCUT2D eigenvalue weighted by Gasteiger charge is -1.73. The number of allylic oxidation sites excluding steroid dienone is 4. The Labute approximate surface area is 76.2 Å². The highest BCUT2D eigenvalue weighted by atomic mass is 14.6. The van der Waals surface area contributed by atoms with E-state index in [1.807, 2.05) is 26.0 Å². The van der Waals surface area contributed by atoms with Crippen molar-refractivity contribution < 1.29 is 0 Å². The molecule has 0 aliphatic carbocycles. The Morgan fingerprint density at radius 3 is 2.42 bits per heavy atom. The van der Waals surface area contributed by atoms with Crippen molar-refractivity contribution in [3.8, 4) is 0 Å². The van der Waals surface area contributed by atoms with Gasteiger partial charge in [-0.2, -0.15) is 0 Å². The third-order valence-corrected chi connectivity index (χ3v) is 0.852. The van der Waals surface area contributed by atoms with Crippen LogP contribution in [0.2, 0.25) is 0 Å². The average Bonchev–Trinajstić information content (AvgIpc) is 2.15. The molecule has 0 bridgehead atoms. The third-order valence-electron chi connectivity index (χ3n) is 0.852. The van der Waals surface area contributed by atoms with Crippen molar-refractivity contribution in [2.75, 3.05) is 0 Å². The van der Waals surface area contributed by atoms with Crippen LogP contribution in [-0.2, 0) is 0 Å². The molecule has 0 aliphatic heterocycles. The molecule has 0 unspecified atom stereocenters. The average molecular weight is 165 g/mol. The fourth-order valence-corrected chi connectivity index (χ4v) is 0.407. The summed E-state index contributed by atoms with van der Waals surface area (Å²) in [5, 5.41) is 0. The van der Waals surface area contributed by atoms with E-state index in [4.69, 9.17) is 0 Å². The number of aliphatic imine (C=N–C) groups is 1. The predicted molar refractivity (Wildman–Crippen MR) is 58.6 cm³/mol. The first-order chi connectivity index (χ1) is 5.91. The van der Waals surface area contributed by atoms with E-state index in [1.54, 1.807) is 24.6 Å². The van der Waals surface area contributed by atoms with Crippen molar-refractivity contribution in [1.29, 1.82) is 0 Å². The van der Waals surface area contributed by atoms with Gasteiger partial charge >= 0.3 is 0 Å². The van der Waals surface area contributed by atoms with Crippen LogP contribution in [0.3, 0.4) is 0 Å². The summed E-state index contributed by atoms with van der Waals surface area (Å²) in [6.45, 7) is 9.60. The molecule has 1 nitrogen and oxygen atoms in total. The Kier molecular flexibility index (Phi) is 18.5. The van der Waals surface area contributed by atoms with E-state index < -0.39 is 0 Å². The van der Waals surface area contributed by atoms with Gasteiger partial charge in [0.25, 0.3) is 0 Å². The lowest BCUT2D eigenvalue weighted by molar-refractivity contribution is 1.23. The van der Waals surface area contributed by atoms with Gasteiger partial charge in [-0.05, 0) is 18.6 Å². The molecule has 0 N–H and O–H groups in total. The molecular formula is C11H19N. The first-order valence-corrected chi connectivity index (χ1v) is 4.37. The van der Waals surface area contributed by atoms with E-state index in [-0.39, 0.29) is 0 Å². The lowest BCUT2D eigenvalue weighted by atomic mass is 10.4. The van der Waals surface area contributed by atoms with Gasteiger partial charge in [0.15, 0.2) is 0 Å². The predicted octanol–water partition coefficient (Wildman–Crippen LogP) is 3.75. The van der Waals surface area contributed by atoms with Crippen LogP contribution in [0.15, 0.2) is 42.1 Å². The van der Waals surface area contributed by atoms with E-state index >= 15 is 0 Å². The van der Waals surface area contributed by atoms with Crippen molar-refractivity contribution in [3.05, 3.63) is 37.1 Å². The van der Waals surface area contributed by atoms with E-state index in [0.717, 1.165) is 6.42 Å². The second-order valence-electron chi connectivity index (χ2n) is 1.71. The minimum Gasteiger partial charge on any atom is -0.265 e. The van der Waals surface area contributed by atoms with Crippen LogP contribution in [0.1, 0.15) is 27.2 Å². The van der Waals surface area contributed by atoms with Gasteiger partial charge in [0, 0.05) is 12.4 Å². The Balaban J connectivity index is 0. The van der Waals surface area contributed by atoms with Crippen LogP contribution in [-0.4, -0.2) is 6.21 Å². The maximum absolute atomic E-state index is 3.94. The molecule has 0 saturated heterocycles. The van der Waals surface area contributed by atoms with Crippen LogP contribution >= 0.6 is 0 Å². The van der Waals surface area contributed by atoms with E-state index in [2.05, 4.69) is 18.5 Å². The van der Waals surface area contributed by atoms with Gasteiger partial charge in [0.05, 0.1) is 0 Å². The molecule has 0 aromatic rings. The maximum Gasteiger partial charge on any atom is 0.0267 e. The quantitative estimate of drug-likeness (QED) is 0.444. The monoisotopic (exact) mass is 165 g/mol. The topological polar surface area (TPSA) is 12.4 Å². The summed E-state index contributed by atoms with van der Waals surface area (Å²) < 4.78 is 0. The molecule has 0 heterocycles. The summed E-state index contributed by atoms with van der Waals surface area (Å²) in [4.78, 5) is 3.94. The Morgan fingerprint density at radius 2 is 1.92 bits per heavy atom. The van der Waals surface area contributed by atoms with Crippen molar-refractivity contribution in [1.82, 2.24) is 0 Å². The van der Waals surface area contributed by atoms with Crippen molar-refractivity contribution in [2.45, 2.75) is 27.2 Å². The fraction of sp³-hybridized carbons (Fsp3) is 0.364. The second-order valence-corrected chi connectivity index (χ2v) is 1.71. The fourth-order valence-electron chi connectivity index (χ4n) is 0.407. The number of nitrogens with zero attached hydrogens (tertiary/aromatic N) is 1. The number of hydrogen-bond acceptors (Lipinski definition) is 1. The van der Waals surface area contributed by atoms with Gasteiger partial charge in [0.2, 0.25) is 0 Å². The summed E-state index contributed by atoms with van der Waals surface area (Å²) >= 11 is 0. The first kappa shape index (κ1) is 13.5. The first-order valence-electron chi connectivity index (χ1n) is 4.37. The molecule has 12 heavy (non-hydrogen) atoms. The van der Waals surface area contributed by atoms with E-state index in [9.17, 15) is 0 Å². The molecule has 1 heteroatoms. The van der Waals surface area contributed by atoms with Crippen LogP contribution in [0.4, 0.5) is 0 Å². The van der Waals surface area contributed by atoms with Gasteiger partial charge in [0.1, 0.15) is 0 Å². The van der Waals surface area contributed by atoms with Crippen molar-refractivity contribution in [2.24, 2.45) is 4.99 Å². The van der Waals surface area contributed by atoms with Crippen molar-refractivity contribution in [3.63, 3.8) is 0 Å². The summed E-state index contributed by atoms with van der Waals surface area (Å²) in [5.74, 6) is 0. The van der Waals surface area contributed by atoms with E-state index in [0.29, 0.717) is 0 Å².